The van der Waals surface area contributed by atoms with E-state index >= 15 is 0 Å². The van der Waals surface area contributed by atoms with Gasteiger partial charge in [0.1, 0.15) is 0 Å². The molecule has 0 amide bonds. The molecule has 0 aliphatic heterocycles. The third-order valence-electron chi connectivity index (χ3n) is 1.58. The molecule has 5 heteroatoms. The Morgan fingerprint density at radius 3 is 2.75 bits per heavy atom. The van der Waals surface area contributed by atoms with Gasteiger partial charge in [0.25, 0.3) is 0 Å². The number of H-pyrrole nitrogens is 1. The van der Waals surface area contributed by atoms with E-state index in [9.17, 15) is 14.9 Å². The third-order valence-corrected chi connectivity index (χ3v) is 1.58. The largest absolute Gasteiger partial charge is 0.336 e. The molecule has 5 nitrogen and oxygen atoms in total. The van der Waals surface area contributed by atoms with Crippen LogP contribution in [0.25, 0.3) is 0 Å². The molecule has 1 aromatic heterocycles. The van der Waals surface area contributed by atoms with Crippen molar-refractivity contribution in [3.05, 3.63) is 38.3 Å². The first-order valence-corrected chi connectivity index (χ1v) is 3.51. The van der Waals surface area contributed by atoms with Crippen LogP contribution in [0.1, 0.15) is 12.5 Å². The maximum atomic E-state index is 10.9. The summed E-state index contributed by atoms with van der Waals surface area (Å²) in [6.45, 7) is 1.77. The van der Waals surface area contributed by atoms with E-state index in [2.05, 4.69) is 4.98 Å². The van der Waals surface area contributed by atoms with Crippen LogP contribution in [0.4, 0.5) is 5.69 Å². The fourth-order valence-corrected chi connectivity index (χ4v) is 0.997. The highest BCUT2D eigenvalue weighted by molar-refractivity contribution is 5.36. The number of hydrogen-bond acceptors (Lipinski definition) is 3. The van der Waals surface area contributed by atoms with Gasteiger partial charge in [-0.1, -0.05) is 6.92 Å². The van der Waals surface area contributed by atoms with Crippen LogP contribution >= 0.6 is 0 Å². The molecule has 64 valence electrons. The molecule has 1 N–H and O–H groups in total. The highest BCUT2D eigenvalue weighted by atomic mass is 16.6. The molecule has 1 heterocycles. The van der Waals surface area contributed by atoms with E-state index in [1.165, 1.54) is 6.20 Å². The standard InChI is InChI=1S/C7H8N2O3/c1-2-5-3-4-8-7(10)6(5)9(11)12/h3-4H,2H2,1H3,(H,8,10). The van der Waals surface area contributed by atoms with Gasteiger partial charge in [-0.2, -0.15) is 0 Å². The van der Waals surface area contributed by atoms with E-state index in [-0.39, 0.29) is 5.69 Å². The SMILES string of the molecule is CCc1cc[nH]c(=O)c1[N+](=O)[O-]. The maximum Gasteiger partial charge on any atom is 0.336 e. The van der Waals surface area contributed by atoms with Gasteiger partial charge in [0, 0.05) is 11.8 Å². The Morgan fingerprint density at radius 2 is 2.33 bits per heavy atom. The molecule has 0 unspecified atom stereocenters. The molecular weight excluding hydrogens is 160 g/mol. The van der Waals surface area contributed by atoms with Crippen molar-refractivity contribution >= 4 is 5.69 Å². The first-order valence-electron chi connectivity index (χ1n) is 3.51. The van der Waals surface area contributed by atoms with Crippen molar-refractivity contribution in [1.29, 1.82) is 0 Å². The topological polar surface area (TPSA) is 76.0 Å². The van der Waals surface area contributed by atoms with E-state index < -0.39 is 10.5 Å². The Hall–Kier alpha value is -1.65. The molecule has 0 aliphatic carbocycles. The van der Waals surface area contributed by atoms with Gasteiger partial charge >= 0.3 is 11.2 Å². The number of aromatic amines is 1. The number of nitrogens with zero attached hydrogens (tertiary/aromatic N) is 1. The maximum absolute atomic E-state index is 10.9. The van der Waals surface area contributed by atoms with E-state index in [1.54, 1.807) is 13.0 Å². The molecule has 1 rings (SSSR count). The summed E-state index contributed by atoms with van der Waals surface area (Å²) < 4.78 is 0. The minimum Gasteiger partial charge on any atom is -0.323 e. The predicted molar refractivity (Wildman–Crippen MR) is 43.1 cm³/mol. The van der Waals surface area contributed by atoms with Crippen molar-refractivity contribution < 1.29 is 4.92 Å². The number of aryl methyl sites for hydroxylation is 1. The monoisotopic (exact) mass is 168 g/mol. The zero-order chi connectivity index (χ0) is 9.14. The highest BCUT2D eigenvalue weighted by Crippen LogP contribution is 2.11. The van der Waals surface area contributed by atoms with Crippen LogP contribution in [0.5, 0.6) is 0 Å². The lowest BCUT2D eigenvalue weighted by Gasteiger charge is -1.95. The molecule has 0 bridgehead atoms. The minimum absolute atomic E-state index is 0.347. The summed E-state index contributed by atoms with van der Waals surface area (Å²) in [6, 6.07) is 1.54. The van der Waals surface area contributed by atoms with Crippen molar-refractivity contribution in [3.63, 3.8) is 0 Å². The smallest absolute Gasteiger partial charge is 0.323 e. The summed E-state index contributed by atoms with van der Waals surface area (Å²) >= 11 is 0. The number of nitrogens with one attached hydrogen (secondary N) is 1. The number of aromatic nitrogens is 1. The van der Waals surface area contributed by atoms with Crippen molar-refractivity contribution in [1.82, 2.24) is 4.98 Å². The van der Waals surface area contributed by atoms with Crippen molar-refractivity contribution in [2.24, 2.45) is 0 Å². The van der Waals surface area contributed by atoms with Crippen LogP contribution in [0.15, 0.2) is 17.1 Å². The molecule has 12 heavy (non-hydrogen) atoms. The minimum atomic E-state index is -0.655. The van der Waals surface area contributed by atoms with Gasteiger partial charge in [-0.25, -0.2) is 0 Å². The number of pyridine rings is 1. The third kappa shape index (κ3) is 1.34. The lowest BCUT2D eigenvalue weighted by Crippen LogP contribution is -2.13. The summed E-state index contributed by atoms with van der Waals surface area (Å²) in [7, 11) is 0. The molecule has 1 aromatic rings. The van der Waals surface area contributed by atoms with Gasteiger partial charge in [0.15, 0.2) is 0 Å². The Kier molecular flexibility index (Phi) is 2.23. The zero-order valence-electron chi connectivity index (χ0n) is 6.53. The Balaban J connectivity index is 3.40. The quantitative estimate of drug-likeness (QED) is 0.525. The molecule has 0 radical (unpaired) electrons. The number of rotatable bonds is 2. The van der Waals surface area contributed by atoms with Gasteiger partial charge in [-0.3, -0.25) is 14.9 Å². The fraction of sp³-hybridized carbons (Fsp3) is 0.286. The van der Waals surface area contributed by atoms with E-state index in [4.69, 9.17) is 0 Å². The first kappa shape index (κ1) is 8.45. The Labute approximate surface area is 68.2 Å². The molecule has 0 atom stereocenters. The van der Waals surface area contributed by atoms with E-state index in [0.717, 1.165) is 0 Å². The second-order valence-electron chi connectivity index (χ2n) is 2.29. The Bertz CT molecular complexity index is 356. The highest BCUT2D eigenvalue weighted by Gasteiger charge is 2.16. The second kappa shape index (κ2) is 3.17. The first-order chi connectivity index (χ1) is 5.66. The molecule has 0 spiro atoms. The molecule has 0 saturated carbocycles. The van der Waals surface area contributed by atoms with Crippen molar-refractivity contribution in [2.75, 3.05) is 0 Å². The summed E-state index contributed by atoms with van der Waals surface area (Å²) in [5, 5.41) is 10.4. The van der Waals surface area contributed by atoms with Crippen LogP contribution in [0.3, 0.4) is 0 Å². The van der Waals surface area contributed by atoms with Crippen molar-refractivity contribution in [2.45, 2.75) is 13.3 Å². The van der Waals surface area contributed by atoms with Crippen LogP contribution in [-0.2, 0) is 6.42 Å². The average Bonchev–Trinajstić information content (AvgIpc) is 2.03. The average molecular weight is 168 g/mol. The fourth-order valence-electron chi connectivity index (χ4n) is 0.997. The van der Waals surface area contributed by atoms with Crippen LogP contribution < -0.4 is 5.56 Å². The normalized spacial score (nSPS) is 9.75. The summed E-state index contributed by atoms with van der Waals surface area (Å²) in [4.78, 5) is 22.9. The molecule has 0 aliphatic rings. The van der Waals surface area contributed by atoms with Gasteiger partial charge in [0.05, 0.1) is 4.92 Å². The second-order valence-corrected chi connectivity index (χ2v) is 2.29. The van der Waals surface area contributed by atoms with Crippen molar-refractivity contribution in [3.8, 4) is 0 Å². The lowest BCUT2D eigenvalue weighted by molar-refractivity contribution is -0.387. The van der Waals surface area contributed by atoms with Gasteiger partial charge in [-0.15, -0.1) is 0 Å². The number of hydrogen-bond donors (Lipinski definition) is 1. The van der Waals surface area contributed by atoms with Gasteiger partial charge < -0.3 is 4.98 Å². The Morgan fingerprint density at radius 1 is 1.67 bits per heavy atom. The zero-order valence-corrected chi connectivity index (χ0v) is 6.53. The number of nitro groups is 1. The summed E-state index contributed by atoms with van der Waals surface area (Å²) in [6.07, 6.45) is 1.90. The lowest BCUT2D eigenvalue weighted by atomic mass is 10.2. The summed E-state index contributed by atoms with van der Waals surface area (Å²) in [5.74, 6) is 0. The molecule has 0 fully saturated rings. The van der Waals surface area contributed by atoms with Crippen LogP contribution in [0, 0.1) is 10.1 Å². The van der Waals surface area contributed by atoms with Gasteiger partial charge in [-0.05, 0) is 12.5 Å². The predicted octanol–water partition coefficient (Wildman–Crippen LogP) is 0.845. The van der Waals surface area contributed by atoms with Crippen LogP contribution in [-0.4, -0.2) is 9.91 Å². The molecule has 0 saturated heterocycles. The van der Waals surface area contributed by atoms with Gasteiger partial charge in [0.2, 0.25) is 0 Å². The van der Waals surface area contributed by atoms with E-state index in [1.807, 2.05) is 0 Å². The summed E-state index contributed by atoms with van der Waals surface area (Å²) in [5.41, 5.74) is -0.525. The molecular formula is C7H8N2O3. The molecule has 0 aromatic carbocycles. The van der Waals surface area contributed by atoms with Crippen LogP contribution in [0.2, 0.25) is 0 Å². The van der Waals surface area contributed by atoms with E-state index in [0.29, 0.717) is 12.0 Å².